The fourth-order valence-corrected chi connectivity index (χ4v) is 2.66. The molecule has 0 aliphatic heterocycles. The molecular weight excluding hydrogens is 362 g/mol. The second-order valence-corrected chi connectivity index (χ2v) is 7.91. The molecule has 0 heterocycles. The van der Waals surface area contributed by atoms with Crippen LogP contribution in [0.4, 0.5) is 0 Å². The molecule has 4 heteroatoms. The Hall–Kier alpha value is -2.17. The molecule has 3 N–H and O–H groups in total. The maximum Gasteiger partial charge on any atom is 0.247 e. The third kappa shape index (κ3) is 12.8. The molecule has 4 nitrogen and oxygen atoms in total. The lowest BCUT2D eigenvalue weighted by Gasteiger charge is -2.18. The smallest absolute Gasteiger partial charge is 0.247 e. The van der Waals surface area contributed by atoms with Gasteiger partial charge in [-0.05, 0) is 39.2 Å². The molecule has 0 bridgehead atoms. The molecule has 162 valence electrons. The Balaban J connectivity index is 4.65. The van der Waals surface area contributed by atoms with Crippen LogP contribution in [0.1, 0.15) is 48.5 Å². The number of allylic oxidation sites excluding steroid dienone is 9. The normalized spacial score (nSPS) is 17.5. The minimum atomic E-state index is -0.466. The van der Waals surface area contributed by atoms with Crippen molar-refractivity contribution in [3.8, 4) is 0 Å². The van der Waals surface area contributed by atoms with Crippen LogP contribution in [0.5, 0.6) is 0 Å². The van der Waals surface area contributed by atoms with Crippen LogP contribution in [0.2, 0.25) is 0 Å². The maximum absolute atomic E-state index is 11.8. The van der Waals surface area contributed by atoms with Gasteiger partial charge in [0.05, 0.1) is 12.7 Å². The SMILES string of the molecule is CC(/C=C/C=C\C=C\C=C(/C)C(=O)N[C@H](C)CO)=C\[C@H](C)[C@@H](O)/C(C)=C/C(C)C. The monoisotopic (exact) mass is 401 g/mol. The highest BCUT2D eigenvalue weighted by Crippen LogP contribution is 2.17. The molecule has 0 aromatic carbocycles. The van der Waals surface area contributed by atoms with Crippen LogP contribution in [0.15, 0.2) is 71.4 Å². The molecule has 29 heavy (non-hydrogen) atoms. The molecule has 0 saturated carbocycles. The van der Waals surface area contributed by atoms with Crippen molar-refractivity contribution in [2.45, 2.75) is 60.6 Å². The summed E-state index contributed by atoms with van der Waals surface area (Å²) in [6.45, 7) is 13.6. The van der Waals surface area contributed by atoms with E-state index >= 15 is 0 Å². The van der Waals surface area contributed by atoms with E-state index in [2.05, 4.69) is 31.3 Å². The molecule has 0 unspecified atom stereocenters. The summed E-state index contributed by atoms with van der Waals surface area (Å²) in [5, 5.41) is 22.0. The summed E-state index contributed by atoms with van der Waals surface area (Å²) >= 11 is 0. The lowest BCUT2D eigenvalue weighted by molar-refractivity contribution is -0.118. The van der Waals surface area contributed by atoms with Gasteiger partial charge in [0, 0.05) is 17.5 Å². The minimum absolute atomic E-state index is 0.0475. The molecule has 1 amide bonds. The summed E-state index contributed by atoms with van der Waals surface area (Å²) in [6, 6.07) is -0.255. The van der Waals surface area contributed by atoms with E-state index in [1.54, 1.807) is 26.0 Å². The first kappa shape index (κ1) is 26.8. The average Bonchev–Trinajstić information content (AvgIpc) is 2.65. The van der Waals surface area contributed by atoms with E-state index in [1.807, 2.05) is 51.2 Å². The number of aliphatic hydroxyl groups is 2. The Labute approximate surface area is 177 Å². The predicted octanol–water partition coefficient (Wildman–Crippen LogP) is 4.64. The fourth-order valence-electron chi connectivity index (χ4n) is 2.66. The van der Waals surface area contributed by atoms with E-state index in [1.165, 1.54) is 0 Å². The van der Waals surface area contributed by atoms with Gasteiger partial charge in [0.2, 0.25) is 5.91 Å². The van der Waals surface area contributed by atoms with Crippen LogP contribution in [-0.4, -0.2) is 34.9 Å². The highest BCUT2D eigenvalue weighted by atomic mass is 16.3. The number of hydrogen-bond acceptors (Lipinski definition) is 3. The van der Waals surface area contributed by atoms with Gasteiger partial charge in [-0.1, -0.05) is 81.0 Å². The molecule has 0 radical (unpaired) electrons. The van der Waals surface area contributed by atoms with E-state index in [0.29, 0.717) is 11.5 Å². The quantitative estimate of drug-likeness (QED) is 0.268. The molecule has 0 aromatic rings. The molecule has 0 aliphatic rings. The van der Waals surface area contributed by atoms with Gasteiger partial charge in [0.25, 0.3) is 0 Å². The van der Waals surface area contributed by atoms with Gasteiger partial charge in [-0.15, -0.1) is 0 Å². The summed E-state index contributed by atoms with van der Waals surface area (Å²) in [7, 11) is 0. The molecule has 0 saturated heterocycles. The average molecular weight is 402 g/mol. The van der Waals surface area contributed by atoms with Crippen LogP contribution in [0.3, 0.4) is 0 Å². The predicted molar refractivity (Wildman–Crippen MR) is 123 cm³/mol. The largest absolute Gasteiger partial charge is 0.394 e. The van der Waals surface area contributed by atoms with Crippen molar-refractivity contribution in [1.82, 2.24) is 5.32 Å². The van der Waals surface area contributed by atoms with Gasteiger partial charge in [-0.2, -0.15) is 0 Å². The van der Waals surface area contributed by atoms with Crippen LogP contribution >= 0.6 is 0 Å². The first-order valence-corrected chi connectivity index (χ1v) is 10.2. The summed E-state index contributed by atoms with van der Waals surface area (Å²) in [6.07, 6.45) is 16.8. The summed E-state index contributed by atoms with van der Waals surface area (Å²) in [4.78, 5) is 11.8. The highest BCUT2D eigenvalue weighted by molar-refractivity contribution is 5.93. The van der Waals surface area contributed by atoms with Crippen molar-refractivity contribution in [1.29, 1.82) is 0 Å². The molecule has 0 spiro atoms. The van der Waals surface area contributed by atoms with E-state index in [9.17, 15) is 9.90 Å². The van der Waals surface area contributed by atoms with Gasteiger partial charge < -0.3 is 15.5 Å². The van der Waals surface area contributed by atoms with E-state index in [0.717, 1.165) is 11.1 Å². The molecule has 3 atom stereocenters. The first-order valence-electron chi connectivity index (χ1n) is 10.2. The van der Waals surface area contributed by atoms with E-state index < -0.39 is 6.10 Å². The lowest BCUT2D eigenvalue weighted by atomic mass is 9.94. The molecule has 0 aliphatic carbocycles. The topological polar surface area (TPSA) is 69.6 Å². The standard InChI is InChI=1S/C25H39NO3/c1-18(2)15-21(5)24(28)22(6)16-19(3)13-11-9-8-10-12-14-20(4)25(29)26-23(7)17-27/h8-16,18,22-24,27-28H,17H2,1-7H3,(H,26,29)/b9-8-,12-10+,13-11+,19-16+,20-14+,21-15+/t22-,23+,24-/m0/s1. The zero-order chi connectivity index (χ0) is 22.4. The Morgan fingerprint density at radius 2 is 1.52 bits per heavy atom. The molecule has 0 rings (SSSR count). The molecule has 0 fully saturated rings. The maximum atomic E-state index is 11.8. The van der Waals surface area contributed by atoms with Crippen molar-refractivity contribution < 1.29 is 15.0 Å². The Bertz CT molecular complexity index is 678. The van der Waals surface area contributed by atoms with Crippen molar-refractivity contribution in [2.75, 3.05) is 6.61 Å². The van der Waals surface area contributed by atoms with Gasteiger partial charge in [0.1, 0.15) is 0 Å². The van der Waals surface area contributed by atoms with Gasteiger partial charge in [-0.25, -0.2) is 0 Å². The number of carbonyl (C=O) groups excluding carboxylic acids is 1. The summed E-state index contributed by atoms with van der Waals surface area (Å²) < 4.78 is 0. The van der Waals surface area contributed by atoms with Gasteiger partial charge >= 0.3 is 0 Å². The first-order chi connectivity index (χ1) is 13.6. The summed E-state index contributed by atoms with van der Waals surface area (Å²) in [5.41, 5.74) is 2.68. The highest BCUT2D eigenvalue weighted by Gasteiger charge is 2.13. The third-order valence-corrected chi connectivity index (χ3v) is 4.25. The van der Waals surface area contributed by atoms with E-state index in [-0.39, 0.29) is 24.5 Å². The van der Waals surface area contributed by atoms with Crippen molar-refractivity contribution in [3.63, 3.8) is 0 Å². The Kier molecular flexibility index (Phi) is 13.7. The number of carbonyl (C=O) groups is 1. The fraction of sp³-hybridized carbons (Fsp3) is 0.480. The minimum Gasteiger partial charge on any atom is -0.394 e. The number of hydrogen-bond donors (Lipinski definition) is 3. The van der Waals surface area contributed by atoms with Crippen LogP contribution in [-0.2, 0) is 4.79 Å². The number of nitrogens with one attached hydrogen (secondary N) is 1. The Morgan fingerprint density at radius 3 is 2.10 bits per heavy atom. The van der Waals surface area contributed by atoms with Crippen LogP contribution in [0.25, 0.3) is 0 Å². The second-order valence-electron chi connectivity index (χ2n) is 7.91. The zero-order valence-corrected chi connectivity index (χ0v) is 19.0. The zero-order valence-electron chi connectivity index (χ0n) is 19.0. The third-order valence-electron chi connectivity index (χ3n) is 4.25. The lowest BCUT2D eigenvalue weighted by Crippen LogP contribution is -2.35. The number of amides is 1. The summed E-state index contributed by atoms with van der Waals surface area (Å²) in [5.74, 6) is 0.291. The Morgan fingerprint density at radius 1 is 0.931 bits per heavy atom. The van der Waals surface area contributed by atoms with Crippen LogP contribution < -0.4 is 5.32 Å². The number of aliphatic hydroxyl groups excluding tert-OH is 2. The van der Waals surface area contributed by atoms with E-state index in [4.69, 9.17) is 5.11 Å². The van der Waals surface area contributed by atoms with Crippen LogP contribution in [0, 0.1) is 11.8 Å². The molecular formula is C25H39NO3. The molecule has 0 aromatic heterocycles. The van der Waals surface area contributed by atoms with Crippen molar-refractivity contribution in [2.24, 2.45) is 11.8 Å². The number of rotatable bonds is 11. The van der Waals surface area contributed by atoms with Crippen molar-refractivity contribution in [3.05, 3.63) is 71.4 Å². The van der Waals surface area contributed by atoms with Crippen molar-refractivity contribution >= 4 is 5.91 Å². The van der Waals surface area contributed by atoms with Gasteiger partial charge in [0.15, 0.2) is 0 Å². The second kappa shape index (κ2) is 14.8. The van der Waals surface area contributed by atoms with Gasteiger partial charge in [-0.3, -0.25) is 4.79 Å².